The minimum atomic E-state index is -0.418. The highest BCUT2D eigenvalue weighted by Crippen LogP contribution is 2.25. The van der Waals surface area contributed by atoms with Crippen LogP contribution in [0, 0.1) is 10.1 Å². The molecule has 0 aliphatic rings. The van der Waals surface area contributed by atoms with Crippen molar-refractivity contribution >= 4 is 21.6 Å². The Balaban J connectivity index is 2.49. The first kappa shape index (κ1) is 14.1. The van der Waals surface area contributed by atoms with Gasteiger partial charge in [0, 0.05) is 26.4 Å². The highest BCUT2D eigenvalue weighted by atomic mass is 79.9. The average Bonchev–Trinajstić information content (AvgIpc) is 2.30. The summed E-state index contributed by atoms with van der Waals surface area (Å²) in [4.78, 5) is 10.3. The molecule has 0 aliphatic carbocycles. The van der Waals surface area contributed by atoms with E-state index in [-0.39, 0.29) is 5.69 Å². The van der Waals surface area contributed by atoms with Crippen LogP contribution in [-0.2, 0) is 16.1 Å². The van der Waals surface area contributed by atoms with Gasteiger partial charge in [0.25, 0.3) is 5.69 Å². The smallest absolute Gasteiger partial charge is 0.283 e. The third-order valence-corrected chi connectivity index (χ3v) is 2.78. The van der Waals surface area contributed by atoms with Crippen LogP contribution in [0.1, 0.15) is 12.0 Å². The number of nitro benzene ring substituents is 1. The van der Waals surface area contributed by atoms with Gasteiger partial charge in [-0.3, -0.25) is 10.1 Å². The van der Waals surface area contributed by atoms with E-state index in [9.17, 15) is 10.1 Å². The largest absolute Gasteiger partial charge is 0.385 e. The quantitative estimate of drug-likeness (QED) is 0.441. The molecule has 17 heavy (non-hydrogen) atoms. The lowest BCUT2D eigenvalue weighted by Crippen LogP contribution is -2.00. The molecular weight excluding hydrogens is 290 g/mol. The minimum Gasteiger partial charge on any atom is -0.385 e. The van der Waals surface area contributed by atoms with E-state index in [1.165, 1.54) is 6.07 Å². The van der Waals surface area contributed by atoms with Gasteiger partial charge in [-0.05, 0) is 34.0 Å². The summed E-state index contributed by atoms with van der Waals surface area (Å²) in [6.45, 7) is 1.61. The second-order valence-electron chi connectivity index (χ2n) is 3.44. The molecule has 0 heterocycles. The van der Waals surface area contributed by atoms with E-state index in [1.54, 1.807) is 19.2 Å². The third kappa shape index (κ3) is 4.80. The van der Waals surface area contributed by atoms with E-state index in [0.717, 1.165) is 12.0 Å². The van der Waals surface area contributed by atoms with Crippen LogP contribution in [0.15, 0.2) is 22.7 Å². The molecule has 0 aromatic heterocycles. The zero-order valence-corrected chi connectivity index (χ0v) is 11.1. The molecule has 0 N–H and O–H groups in total. The Hall–Kier alpha value is -0.980. The Bertz CT molecular complexity index is 384. The van der Waals surface area contributed by atoms with Crippen molar-refractivity contribution in [3.05, 3.63) is 38.3 Å². The van der Waals surface area contributed by atoms with Gasteiger partial charge < -0.3 is 9.47 Å². The first-order valence-electron chi connectivity index (χ1n) is 5.14. The van der Waals surface area contributed by atoms with Crippen molar-refractivity contribution in [1.82, 2.24) is 0 Å². The Morgan fingerprint density at radius 1 is 1.41 bits per heavy atom. The highest BCUT2D eigenvalue weighted by molar-refractivity contribution is 9.10. The average molecular weight is 304 g/mol. The van der Waals surface area contributed by atoms with E-state index >= 15 is 0 Å². The molecule has 0 saturated carbocycles. The first-order chi connectivity index (χ1) is 8.15. The van der Waals surface area contributed by atoms with Gasteiger partial charge in [0.1, 0.15) is 0 Å². The van der Waals surface area contributed by atoms with Gasteiger partial charge in [0.05, 0.1) is 16.0 Å². The predicted octanol–water partition coefficient (Wildman–Crippen LogP) is 2.91. The summed E-state index contributed by atoms with van der Waals surface area (Å²) < 4.78 is 10.7. The SMILES string of the molecule is COCCCOCc1ccc(Br)c([N+](=O)[O-])c1. The number of nitro groups is 1. The standard InChI is InChI=1S/C11H14BrNO4/c1-16-5-2-6-17-8-9-3-4-10(12)11(7-9)13(14)15/h3-4,7H,2,5-6,8H2,1H3. The fraction of sp³-hybridized carbons (Fsp3) is 0.455. The number of rotatable bonds is 7. The number of ether oxygens (including phenoxy) is 2. The molecule has 0 saturated heterocycles. The summed E-state index contributed by atoms with van der Waals surface area (Å²) in [5, 5.41) is 10.7. The lowest BCUT2D eigenvalue weighted by atomic mass is 10.2. The van der Waals surface area contributed by atoms with Gasteiger partial charge in [0.15, 0.2) is 0 Å². The predicted molar refractivity (Wildman–Crippen MR) is 66.9 cm³/mol. The number of hydrogen-bond donors (Lipinski definition) is 0. The molecule has 5 nitrogen and oxygen atoms in total. The van der Waals surface area contributed by atoms with Crippen LogP contribution in [0.25, 0.3) is 0 Å². The number of nitrogens with zero attached hydrogens (tertiary/aromatic N) is 1. The zero-order valence-electron chi connectivity index (χ0n) is 9.52. The lowest BCUT2D eigenvalue weighted by Gasteiger charge is -2.04. The van der Waals surface area contributed by atoms with Crippen LogP contribution in [0.3, 0.4) is 0 Å². The van der Waals surface area contributed by atoms with Crippen molar-refractivity contribution in [2.45, 2.75) is 13.0 Å². The Labute approximate surface area is 108 Å². The van der Waals surface area contributed by atoms with Crippen molar-refractivity contribution < 1.29 is 14.4 Å². The third-order valence-electron chi connectivity index (χ3n) is 2.11. The maximum Gasteiger partial charge on any atom is 0.283 e. The molecule has 6 heteroatoms. The lowest BCUT2D eigenvalue weighted by molar-refractivity contribution is -0.385. The van der Waals surface area contributed by atoms with Gasteiger partial charge in [0.2, 0.25) is 0 Å². The molecule has 0 amide bonds. The number of benzene rings is 1. The molecule has 1 rings (SSSR count). The Kier molecular flexibility index (Phi) is 6.10. The van der Waals surface area contributed by atoms with E-state index < -0.39 is 4.92 Å². The van der Waals surface area contributed by atoms with Crippen molar-refractivity contribution in [3.63, 3.8) is 0 Å². The van der Waals surface area contributed by atoms with Crippen LogP contribution in [0.4, 0.5) is 5.69 Å². The normalized spacial score (nSPS) is 10.5. The van der Waals surface area contributed by atoms with Gasteiger partial charge in [-0.1, -0.05) is 6.07 Å². The summed E-state index contributed by atoms with van der Waals surface area (Å²) in [7, 11) is 1.64. The summed E-state index contributed by atoms with van der Waals surface area (Å²) in [6.07, 6.45) is 0.815. The Morgan fingerprint density at radius 3 is 2.82 bits per heavy atom. The van der Waals surface area contributed by atoms with Crippen molar-refractivity contribution in [2.75, 3.05) is 20.3 Å². The number of methoxy groups -OCH3 is 1. The maximum atomic E-state index is 10.7. The fourth-order valence-electron chi connectivity index (χ4n) is 1.28. The van der Waals surface area contributed by atoms with Crippen LogP contribution in [-0.4, -0.2) is 25.2 Å². The summed E-state index contributed by atoms with van der Waals surface area (Å²) in [5.74, 6) is 0. The zero-order chi connectivity index (χ0) is 12.7. The van der Waals surface area contributed by atoms with Gasteiger partial charge in [-0.25, -0.2) is 0 Å². The van der Waals surface area contributed by atoms with E-state index in [0.29, 0.717) is 24.3 Å². The van der Waals surface area contributed by atoms with Gasteiger partial charge in [-0.15, -0.1) is 0 Å². The van der Waals surface area contributed by atoms with Gasteiger partial charge >= 0.3 is 0 Å². The van der Waals surface area contributed by atoms with Crippen LogP contribution < -0.4 is 0 Å². The van der Waals surface area contributed by atoms with Gasteiger partial charge in [-0.2, -0.15) is 0 Å². The molecule has 0 unspecified atom stereocenters. The summed E-state index contributed by atoms with van der Waals surface area (Å²) in [5.41, 5.74) is 0.848. The first-order valence-corrected chi connectivity index (χ1v) is 5.94. The molecule has 1 aromatic rings. The van der Waals surface area contributed by atoms with E-state index in [2.05, 4.69) is 15.9 Å². The molecular formula is C11H14BrNO4. The molecule has 1 aromatic carbocycles. The second kappa shape index (κ2) is 7.37. The molecule has 0 atom stereocenters. The highest BCUT2D eigenvalue weighted by Gasteiger charge is 2.11. The Morgan fingerprint density at radius 2 is 2.18 bits per heavy atom. The number of halogens is 1. The van der Waals surface area contributed by atoms with Crippen molar-refractivity contribution in [2.24, 2.45) is 0 Å². The minimum absolute atomic E-state index is 0.0583. The monoisotopic (exact) mass is 303 g/mol. The molecule has 94 valence electrons. The summed E-state index contributed by atoms with van der Waals surface area (Å²) >= 11 is 3.13. The fourth-order valence-corrected chi connectivity index (χ4v) is 1.67. The molecule has 0 radical (unpaired) electrons. The topological polar surface area (TPSA) is 61.6 Å². The van der Waals surface area contributed by atoms with E-state index in [4.69, 9.17) is 9.47 Å². The molecule has 0 bridgehead atoms. The number of hydrogen-bond acceptors (Lipinski definition) is 4. The van der Waals surface area contributed by atoms with Crippen molar-refractivity contribution in [3.8, 4) is 0 Å². The molecule has 0 fully saturated rings. The van der Waals surface area contributed by atoms with Crippen molar-refractivity contribution in [1.29, 1.82) is 0 Å². The van der Waals surface area contributed by atoms with Crippen LogP contribution in [0.5, 0.6) is 0 Å². The van der Waals surface area contributed by atoms with Crippen LogP contribution in [0.2, 0.25) is 0 Å². The molecule has 0 spiro atoms. The van der Waals surface area contributed by atoms with Crippen LogP contribution >= 0.6 is 15.9 Å². The maximum absolute atomic E-state index is 10.7. The second-order valence-corrected chi connectivity index (χ2v) is 4.30. The summed E-state index contributed by atoms with van der Waals surface area (Å²) in [6, 6.07) is 4.97. The molecule has 0 aliphatic heterocycles. The van der Waals surface area contributed by atoms with E-state index in [1.807, 2.05) is 0 Å².